The predicted molar refractivity (Wildman–Crippen MR) is 113 cm³/mol. The van der Waals surface area contributed by atoms with Crippen LogP contribution in [0.4, 0.5) is 0 Å². The van der Waals surface area contributed by atoms with Crippen molar-refractivity contribution in [1.82, 2.24) is 25.1 Å². The van der Waals surface area contributed by atoms with Crippen LogP contribution in [0.5, 0.6) is 0 Å². The van der Waals surface area contributed by atoms with Crippen molar-refractivity contribution >= 4 is 35.0 Å². The van der Waals surface area contributed by atoms with Gasteiger partial charge in [0.1, 0.15) is 12.0 Å². The molecule has 3 rings (SSSR count). The van der Waals surface area contributed by atoms with Crippen LogP contribution < -0.4 is 5.32 Å². The van der Waals surface area contributed by atoms with Gasteiger partial charge in [0, 0.05) is 37.7 Å². The highest BCUT2D eigenvalue weighted by molar-refractivity contribution is 6.42. The molecule has 1 fully saturated rings. The van der Waals surface area contributed by atoms with Gasteiger partial charge in [-0.15, -0.1) is 0 Å². The third-order valence-corrected chi connectivity index (χ3v) is 5.47. The lowest BCUT2D eigenvalue weighted by Crippen LogP contribution is -2.39. The number of rotatable bonds is 6. The van der Waals surface area contributed by atoms with E-state index in [1.807, 2.05) is 19.0 Å². The number of carbonyl (C=O) groups excluding carboxylic acids is 2. The van der Waals surface area contributed by atoms with Crippen LogP contribution in [-0.4, -0.2) is 71.4 Å². The van der Waals surface area contributed by atoms with E-state index in [1.165, 1.54) is 6.33 Å². The molecule has 0 radical (unpaired) electrons. The average molecular weight is 436 g/mol. The molecule has 1 aromatic carbocycles. The first-order valence-corrected chi connectivity index (χ1v) is 10.1. The highest BCUT2D eigenvalue weighted by Crippen LogP contribution is 2.27. The van der Waals surface area contributed by atoms with Crippen LogP contribution in [0.3, 0.4) is 0 Å². The molecular formula is C20H23Cl2N5O2. The number of amides is 2. The van der Waals surface area contributed by atoms with Gasteiger partial charge < -0.3 is 15.1 Å². The fourth-order valence-electron chi connectivity index (χ4n) is 3.14. The van der Waals surface area contributed by atoms with E-state index in [9.17, 15) is 9.59 Å². The standard InChI is InChI=1S/C20H23Cl2N5O2/c1-26(2)7-6-19(28)25-14-5-8-27(11-14)20(29)18-10-17(23-12-24-18)13-3-4-15(21)16(22)9-13/h3-4,9-10,12,14H,5-8,11H2,1-2H3,(H,25,28)/t14-/m0/s1. The van der Waals surface area contributed by atoms with E-state index in [2.05, 4.69) is 15.3 Å². The Morgan fingerprint density at radius 2 is 2.00 bits per heavy atom. The molecule has 0 saturated carbocycles. The monoisotopic (exact) mass is 435 g/mol. The van der Waals surface area contributed by atoms with Crippen molar-refractivity contribution in [3.63, 3.8) is 0 Å². The van der Waals surface area contributed by atoms with Crippen LogP contribution in [0.15, 0.2) is 30.6 Å². The second-order valence-corrected chi connectivity index (χ2v) is 8.09. The number of nitrogens with zero attached hydrogens (tertiary/aromatic N) is 4. The SMILES string of the molecule is CN(C)CCC(=O)N[C@H]1CCN(C(=O)c2cc(-c3ccc(Cl)c(Cl)c3)ncn2)C1. The summed E-state index contributed by atoms with van der Waals surface area (Å²) in [5.74, 6) is -0.180. The number of halogens is 2. The maximum absolute atomic E-state index is 12.9. The zero-order valence-electron chi connectivity index (χ0n) is 16.4. The number of aromatic nitrogens is 2. The Morgan fingerprint density at radius 1 is 1.21 bits per heavy atom. The van der Waals surface area contributed by atoms with E-state index in [0.717, 1.165) is 12.0 Å². The molecule has 0 bridgehead atoms. The molecule has 9 heteroatoms. The van der Waals surface area contributed by atoms with Gasteiger partial charge in [0.25, 0.3) is 5.91 Å². The van der Waals surface area contributed by atoms with Gasteiger partial charge >= 0.3 is 0 Å². The topological polar surface area (TPSA) is 78.4 Å². The normalized spacial score (nSPS) is 16.3. The van der Waals surface area contributed by atoms with E-state index < -0.39 is 0 Å². The van der Waals surface area contributed by atoms with Crippen LogP contribution in [0.1, 0.15) is 23.3 Å². The van der Waals surface area contributed by atoms with Crippen LogP contribution in [0.25, 0.3) is 11.3 Å². The first kappa shape index (κ1) is 21.5. The van der Waals surface area contributed by atoms with Crippen molar-refractivity contribution in [3.8, 4) is 11.3 Å². The van der Waals surface area contributed by atoms with Crippen LogP contribution in [0, 0.1) is 0 Å². The molecule has 0 unspecified atom stereocenters. The van der Waals surface area contributed by atoms with Gasteiger partial charge in [-0.05, 0) is 38.7 Å². The second-order valence-electron chi connectivity index (χ2n) is 7.27. The van der Waals surface area contributed by atoms with E-state index in [-0.39, 0.29) is 17.9 Å². The summed E-state index contributed by atoms with van der Waals surface area (Å²) in [5, 5.41) is 3.87. The largest absolute Gasteiger partial charge is 0.351 e. The molecule has 0 spiro atoms. The summed E-state index contributed by atoms with van der Waals surface area (Å²) in [7, 11) is 3.86. The molecular weight excluding hydrogens is 413 g/mol. The lowest BCUT2D eigenvalue weighted by atomic mass is 10.1. The summed E-state index contributed by atoms with van der Waals surface area (Å²) in [4.78, 5) is 36.9. The van der Waals surface area contributed by atoms with Crippen molar-refractivity contribution in [2.24, 2.45) is 0 Å². The van der Waals surface area contributed by atoms with Gasteiger partial charge in [-0.1, -0.05) is 29.3 Å². The smallest absolute Gasteiger partial charge is 0.272 e. The Labute approximate surface area is 180 Å². The second kappa shape index (κ2) is 9.52. The minimum absolute atomic E-state index is 0.00179. The van der Waals surface area contributed by atoms with Gasteiger partial charge in [0.05, 0.1) is 15.7 Å². The summed E-state index contributed by atoms with van der Waals surface area (Å²) < 4.78 is 0. The van der Waals surface area contributed by atoms with E-state index in [4.69, 9.17) is 23.2 Å². The molecule has 29 heavy (non-hydrogen) atoms. The molecule has 1 saturated heterocycles. The van der Waals surface area contributed by atoms with Gasteiger partial charge in [-0.2, -0.15) is 0 Å². The molecule has 154 valence electrons. The summed E-state index contributed by atoms with van der Waals surface area (Å²) >= 11 is 12.0. The summed E-state index contributed by atoms with van der Waals surface area (Å²) in [6, 6.07) is 6.79. The first-order valence-electron chi connectivity index (χ1n) is 9.34. The fourth-order valence-corrected chi connectivity index (χ4v) is 3.44. The molecule has 1 aromatic heterocycles. The van der Waals surface area contributed by atoms with Gasteiger partial charge in [-0.3, -0.25) is 9.59 Å². The Bertz CT molecular complexity index is 906. The van der Waals surface area contributed by atoms with Gasteiger partial charge in [0.2, 0.25) is 5.91 Å². The first-order chi connectivity index (χ1) is 13.8. The molecule has 1 atom stereocenters. The predicted octanol–water partition coefficient (Wildman–Crippen LogP) is 2.73. The zero-order chi connectivity index (χ0) is 21.0. The Morgan fingerprint density at radius 3 is 2.72 bits per heavy atom. The lowest BCUT2D eigenvalue weighted by molar-refractivity contribution is -0.121. The summed E-state index contributed by atoms with van der Waals surface area (Å²) in [6.07, 6.45) is 2.53. The lowest BCUT2D eigenvalue weighted by Gasteiger charge is -2.17. The van der Waals surface area contributed by atoms with Crippen molar-refractivity contribution in [2.75, 3.05) is 33.7 Å². The number of likely N-dealkylation sites (tertiary alicyclic amines) is 1. The minimum Gasteiger partial charge on any atom is -0.351 e. The third kappa shape index (κ3) is 5.65. The molecule has 2 heterocycles. The number of carbonyl (C=O) groups is 2. The number of benzene rings is 1. The quantitative estimate of drug-likeness (QED) is 0.754. The molecule has 7 nitrogen and oxygen atoms in total. The average Bonchev–Trinajstić information content (AvgIpc) is 3.16. The minimum atomic E-state index is -0.182. The highest BCUT2D eigenvalue weighted by Gasteiger charge is 2.28. The maximum Gasteiger partial charge on any atom is 0.272 e. The maximum atomic E-state index is 12.9. The third-order valence-electron chi connectivity index (χ3n) is 4.73. The number of hydrogen-bond acceptors (Lipinski definition) is 5. The highest BCUT2D eigenvalue weighted by atomic mass is 35.5. The Balaban J connectivity index is 1.64. The van der Waals surface area contributed by atoms with E-state index >= 15 is 0 Å². The molecule has 0 aliphatic carbocycles. The van der Waals surface area contributed by atoms with E-state index in [0.29, 0.717) is 47.5 Å². The van der Waals surface area contributed by atoms with Crippen molar-refractivity contribution < 1.29 is 9.59 Å². The van der Waals surface area contributed by atoms with Crippen LogP contribution in [0.2, 0.25) is 10.0 Å². The molecule has 2 amide bonds. The van der Waals surface area contributed by atoms with Crippen molar-refractivity contribution in [3.05, 3.63) is 46.3 Å². The number of nitrogens with one attached hydrogen (secondary N) is 1. The van der Waals surface area contributed by atoms with Crippen LogP contribution in [-0.2, 0) is 4.79 Å². The van der Waals surface area contributed by atoms with Gasteiger partial charge in [0.15, 0.2) is 0 Å². The fraction of sp³-hybridized carbons (Fsp3) is 0.400. The Kier molecular flexibility index (Phi) is 7.05. The summed E-state index contributed by atoms with van der Waals surface area (Å²) in [5.41, 5.74) is 1.65. The molecule has 1 N–H and O–H groups in total. The molecule has 2 aromatic rings. The van der Waals surface area contributed by atoms with E-state index in [1.54, 1.807) is 29.2 Å². The zero-order valence-corrected chi connectivity index (χ0v) is 17.9. The van der Waals surface area contributed by atoms with Crippen molar-refractivity contribution in [2.45, 2.75) is 18.9 Å². The van der Waals surface area contributed by atoms with Crippen molar-refractivity contribution in [1.29, 1.82) is 0 Å². The summed E-state index contributed by atoms with van der Waals surface area (Å²) in [6.45, 7) is 1.74. The Hall–Kier alpha value is -2.22. The van der Waals surface area contributed by atoms with Gasteiger partial charge in [-0.25, -0.2) is 9.97 Å². The number of hydrogen-bond donors (Lipinski definition) is 1. The molecule has 1 aliphatic rings. The molecule has 1 aliphatic heterocycles. The van der Waals surface area contributed by atoms with Crippen LogP contribution >= 0.6 is 23.2 Å².